The minimum atomic E-state index is -0.164. The first-order chi connectivity index (χ1) is 11.0. The lowest BCUT2D eigenvalue weighted by atomic mass is 10.2. The number of amides is 1. The first-order valence-electron chi connectivity index (χ1n) is 7.07. The van der Waals surface area contributed by atoms with Crippen LogP contribution in [-0.4, -0.2) is 27.4 Å². The van der Waals surface area contributed by atoms with Crippen LogP contribution in [0.15, 0.2) is 41.0 Å². The maximum atomic E-state index is 12.7. The number of aromatic nitrogens is 2. The van der Waals surface area contributed by atoms with Crippen molar-refractivity contribution in [3.05, 3.63) is 52.4 Å². The molecule has 7 heteroatoms. The summed E-state index contributed by atoms with van der Waals surface area (Å²) in [7, 11) is 0. The van der Waals surface area contributed by atoms with Gasteiger partial charge in [0.15, 0.2) is 5.82 Å². The van der Waals surface area contributed by atoms with Gasteiger partial charge in [-0.15, -0.1) is 0 Å². The predicted molar refractivity (Wildman–Crippen MR) is 90.4 cm³/mol. The van der Waals surface area contributed by atoms with Gasteiger partial charge in [0, 0.05) is 18.3 Å². The Balaban J connectivity index is 2.29. The molecule has 2 rings (SSSR count). The minimum Gasteiger partial charge on any atom is -0.278 e. The average molecular weight is 374 g/mol. The Morgan fingerprint density at radius 2 is 2.09 bits per heavy atom. The van der Waals surface area contributed by atoms with Crippen molar-refractivity contribution in [1.82, 2.24) is 15.0 Å². The van der Waals surface area contributed by atoms with Crippen molar-refractivity contribution < 1.29 is 4.79 Å². The van der Waals surface area contributed by atoms with Gasteiger partial charge in [-0.25, -0.2) is 4.98 Å². The third kappa shape index (κ3) is 4.50. The molecule has 2 aromatic rings. The highest BCUT2D eigenvalue weighted by Crippen LogP contribution is 2.20. The fraction of sp³-hybridized carbons (Fsp3) is 0.250. The molecule has 0 radical (unpaired) electrons. The highest BCUT2D eigenvalue weighted by atomic mass is 79.9. The van der Waals surface area contributed by atoms with Gasteiger partial charge in [-0.3, -0.25) is 15.2 Å². The van der Waals surface area contributed by atoms with Crippen molar-refractivity contribution in [1.29, 1.82) is 5.26 Å². The first kappa shape index (κ1) is 16.9. The smallest absolute Gasteiger partial charge is 0.272 e. The van der Waals surface area contributed by atoms with Crippen LogP contribution in [0.1, 0.15) is 30.0 Å². The minimum absolute atomic E-state index is 0.0346. The molecule has 0 saturated carbocycles. The number of hydrazine groups is 1. The Kier molecular flexibility index (Phi) is 5.66. The number of hydrogen-bond donors (Lipinski definition) is 1. The van der Waals surface area contributed by atoms with Crippen LogP contribution in [-0.2, 0) is 0 Å². The summed E-state index contributed by atoms with van der Waals surface area (Å²) in [6.07, 6.45) is 1.48. The number of hydrogen-bond acceptors (Lipinski definition) is 5. The Morgan fingerprint density at radius 1 is 1.39 bits per heavy atom. The molecule has 0 aliphatic heterocycles. The van der Waals surface area contributed by atoms with E-state index in [0.29, 0.717) is 22.4 Å². The van der Waals surface area contributed by atoms with Gasteiger partial charge < -0.3 is 0 Å². The Hall–Kier alpha value is -2.46. The van der Waals surface area contributed by atoms with Gasteiger partial charge in [0.1, 0.15) is 6.07 Å². The summed E-state index contributed by atoms with van der Waals surface area (Å²) in [5, 5.41) is 10.4. The molecule has 1 heterocycles. The summed E-state index contributed by atoms with van der Waals surface area (Å²) in [6, 6.07) is 10.9. The summed E-state index contributed by atoms with van der Waals surface area (Å²) in [5.74, 6) is 0.503. The van der Waals surface area contributed by atoms with E-state index in [1.807, 2.05) is 38.1 Å². The van der Waals surface area contributed by atoms with Gasteiger partial charge in [-0.05, 0) is 34.0 Å². The fourth-order valence-electron chi connectivity index (χ4n) is 1.91. The number of rotatable bonds is 5. The quantitative estimate of drug-likeness (QED) is 0.813. The van der Waals surface area contributed by atoms with Gasteiger partial charge in [0.2, 0.25) is 5.82 Å². The normalized spacial score (nSPS) is 10.2. The maximum absolute atomic E-state index is 12.7. The molecular formula is C16H16BrN5O. The van der Waals surface area contributed by atoms with E-state index in [1.165, 1.54) is 11.2 Å². The zero-order valence-electron chi connectivity index (χ0n) is 12.8. The molecule has 23 heavy (non-hydrogen) atoms. The largest absolute Gasteiger partial charge is 0.278 e. The van der Waals surface area contributed by atoms with Crippen molar-refractivity contribution in [3.8, 4) is 6.07 Å². The van der Waals surface area contributed by atoms with Crippen LogP contribution in [0.5, 0.6) is 0 Å². The molecule has 0 atom stereocenters. The standard InChI is InChI=1S/C16H16BrN5O/c1-11(2)10-22(16(23)12-6-4-3-5-7-12)21-15-13(17)9-19-14(8-18)20-15/h3-7,9,11H,10H2,1-2H3,(H,19,20,21). The number of nitrogens with zero attached hydrogens (tertiary/aromatic N) is 4. The zero-order valence-corrected chi connectivity index (χ0v) is 14.4. The molecule has 1 aromatic heterocycles. The molecule has 0 saturated heterocycles. The lowest BCUT2D eigenvalue weighted by molar-refractivity contribution is 0.0776. The molecule has 1 aromatic carbocycles. The number of halogens is 1. The third-order valence-electron chi connectivity index (χ3n) is 2.90. The molecule has 1 amide bonds. The van der Waals surface area contributed by atoms with Crippen molar-refractivity contribution in [2.24, 2.45) is 5.92 Å². The molecule has 0 fully saturated rings. The number of nitriles is 1. The summed E-state index contributed by atoms with van der Waals surface area (Å²) in [5.41, 5.74) is 3.56. The van der Waals surface area contributed by atoms with Gasteiger partial charge >= 0.3 is 0 Å². The second-order valence-corrected chi connectivity index (χ2v) is 6.14. The second kappa shape index (κ2) is 7.70. The van der Waals surface area contributed by atoms with E-state index in [2.05, 4.69) is 31.3 Å². The Morgan fingerprint density at radius 3 is 2.70 bits per heavy atom. The van der Waals surface area contributed by atoms with Gasteiger partial charge in [-0.1, -0.05) is 32.0 Å². The molecule has 0 aliphatic rings. The van der Waals surface area contributed by atoms with Crippen LogP contribution in [0.3, 0.4) is 0 Å². The van der Waals surface area contributed by atoms with E-state index in [-0.39, 0.29) is 17.6 Å². The predicted octanol–water partition coefficient (Wildman–Crippen LogP) is 3.24. The molecule has 118 valence electrons. The second-order valence-electron chi connectivity index (χ2n) is 5.29. The first-order valence-corrected chi connectivity index (χ1v) is 7.86. The van der Waals surface area contributed by atoms with Crippen LogP contribution in [0.2, 0.25) is 0 Å². The third-order valence-corrected chi connectivity index (χ3v) is 3.48. The monoisotopic (exact) mass is 373 g/mol. The zero-order chi connectivity index (χ0) is 16.8. The van der Waals surface area contributed by atoms with E-state index in [4.69, 9.17) is 5.26 Å². The molecule has 0 bridgehead atoms. The van der Waals surface area contributed by atoms with Gasteiger partial charge in [0.25, 0.3) is 5.91 Å². The maximum Gasteiger partial charge on any atom is 0.272 e. The molecule has 0 aliphatic carbocycles. The lowest BCUT2D eigenvalue weighted by Crippen LogP contribution is -2.39. The Labute approximate surface area is 143 Å². The fourth-order valence-corrected chi connectivity index (χ4v) is 2.19. The van der Waals surface area contributed by atoms with Crippen molar-refractivity contribution in [3.63, 3.8) is 0 Å². The number of anilines is 1. The molecule has 1 N–H and O–H groups in total. The van der Waals surface area contributed by atoms with Crippen LogP contribution in [0.25, 0.3) is 0 Å². The summed E-state index contributed by atoms with van der Waals surface area (Å²) in [4.78, 5) is 20.6. The SMILES string of the molecule is CC(C)CN(Nc1nc(C#N)ncc1Br)C(=O)c1ccccc1. The van der Waals surface area contributed by atoms with E-state index in [0.717, 1.165) is 0 Å². The summed E-state index contributed by atoms with van der Waals surface area (Å²) >= 11 is 3.32. The number of nitrogens with one attached hydrogen (secondary N) is 1. The topological polar surface area (TPSA) is 81.9 Å². The lowest BCUT2D eigenvalue weighted by Gasteiger charge is -2.26. The van der Waals surface area contributed by atoms with E-state index >= 15 is 0 Å². The summed E-state index contributed by atoms with van der Waals surface area (Å²) in [6.45, 7) is 4.53. The van der Waals surface area contributed by atoms with Crippen molar-refractivity contribution in [2.75, 3.05) is 12.0 Å². The molecule has 0 spiro atoms. The molecular weight excluding hydrogens is 358 g/mol. The van der Waals surface area contributed by atoms with Crippen molar-refractivity contribution >= 4 is 27.7 Å². The van der Waals surface area contributed by atoms with Crippen LogP contribution in [0, 0.1) is 17.2 Å². The van der Waals surface area contributed by atoms with Gasteiger partial charge in [-0.2, -0.15) is 10.2 Å². The van der Waals surface area contributed by atoms with Crippen LogP contribution >= 0.6 is 15.9 Å². The molecule has 6 nitrogen and oxygen atoms in total. The van der Waals surface area contributed by atoms with E-state index in [1.54, 1.807) is 12.1 Å². The van der Waals surface area contributed by atoms with E-state index < -0.39 is 0 Å². The number of carbonyl (C=O) groups is 1. The highest BCUT2D eigenvalue weighted by molar-refractivity contribution is 9.10. The highest BCUT2D eigenvalue weighted by Gasteiger charge is 2.19. The van der Waals surface area contributed by atoms with E-state index in [9.17, 15) is 4.79 Å². The summed E-state index contributed by atoms with van der Waals surface area (Å²) < 4.78 is 0.575. The molecule has 0 unspecified atom stereocenters. The Bertz CT molecular complexity index is 727. The van der Waals surface area contributed by atoms with Gasteiger partial charge in [0.05, 0.1) is 4.47 Å². The number of benzene rings is 1. The number of carbonyl (C=O) groups excluding carboxylic acids is 1. The van der Waals surface area contributed by atoms with Crippen LogP contribution < -0.4 is 5.43 Å². The van der Waals surface area contributed by atoms with Crippen molar-refractivity contribution in [2.45, 2.75) is 13.8 Å². The van der Waals surface area contributed by atoms with Crippen LogP contribution in [0.4, 0.5) is 5.82 Å². The average Bonchev–Trinajstić information content (AvgIpc) is 2.56.